The van der Waals surface area contributed by atoms with Gasteiger partial charge in [-0.1, -0.05) is 30.3 Å². The summed E-state index contributed by atoms with van der Waals surface area (Å²) in [5, 5.41) is 3.98. The van der Waals surface area contributed by atoms with Gasteiger partial charge in [-0.05, 0) is 74.9 Å². The Bertz CT molecular complexity index is 511. The van der Waals surface area contributed by atoms with Gasteiger partial charge in [0.1, 0.15) is 0 Å². The van der Waals surface area contributed by atoms with E-state index in [1.807, 2.05) is 0 Å². The van der Waals surface area contributed by atoms with Crippen molar-refractivity contribution in [2.75, 3.05) is 26.2 Å². The molecule has 0 amide bonds. The summed E-state index contributed by atoms with van der Waals surface area (Å²) in [4.78, 5) is 2.60. The van der Waals surface area contributed by atoms with E-state index in [1.165, 1.54) is 57.2 Å². The molecule has 3 N–H and O–H groups in total. The molecule has 1 aromatic carbocycles. The van der Waals surface area contributed by atoms with Gasteiger partial charge in [-0.3, -0.25) is 4.90 Å². The van der Waals surface area contributed by atoms with E-state index in [1.54, 1.807) is 0 Å². The van der Waals surface area contributed by atoms with Crippen LogP contribution in [0.2, 0.25) is 0 Å². The van der Waals surface area contributed by atoms with Gasteiger partial charge in [-0.25, -0.2) is 0 Å². The predicted octanol–water partition coefficient (Wildman–Crippen LogP) is 3.01. The van der Waals surface area contributed by atoms with Crippen LogP contribution in [0.5, 0.6) is 0 Å². The molecule has 3 heteroatoms. The minimum Gasteiger partial charge on any atom is -0.329 e. The van der Waals surface area contributed by atoms with Crippen LogP contribution in [0.25, 0.3) is 0 Å². The van der Waals surface area contributed by atoms with E-state index >= 15 is 0 Å². The Morgan fingerprint density at radius 2 is 1.83 bits per heavy atom. The van der Waals surface area contributed by atoms with Gasteiger partial charge in [0.2, 0.25) is 0 Å². The lowest BCUT2D eigenvalue weighted by Crippen LogP contribution is -2.61. The predicted molar refractivity (Wildman–Crippen MR) is 99.7 cm³/mol. The monoisotopic (exact) mass is 327 g/mol. The standard InChI is InChI=1S/C21H33N3/c22-15-21(23-13-20(18-7-8-18)19-9-10-19)11-4-12-24(16-21)14-17-5-2-1-3-6-17/h1-3,5-6,18-20,23H,4,7-16,22H2. The highest BCUT2D eigenvalue weighted by atomic mass is 15.2. The Labute approximate surface area is 147 Å². The average molecular weight is 328 g/mol. The van der Waals surface area contributed by atoms with Crippen LogP contribution in [0.15, 0.2) is 30.3 Å². The summed E-state index contributed by atoms with van der Waals surface area (Å²) in [5.74, 6) is 2.96. The Morgan fingerprint density at radius 3 is 2.46 bits per heavy atom. The number of nitrogens with two attached hydrogens (primary N) is 1. The molecule has 0 spiro atoms. The second-order valence-corrected chi connectivity index (χ2v) is 8.50. The first kappa shape index (κ1) is 16.6. The topological polar surface area (TPSA) is 41.3 Å². The van der Waals surface area contributed by atoms with Crippen molar-refractivity contribution in [2.24, 2.45) is 23.5 Å². The molecule has 0 bridgehead atoms. The van der Waals surface area contributed by atoms with Crippen LogP contribution in [0.1, 0.15) is 44.1 Å². The normalized spacial score (nSPS) is 28.4. The fourth-order valence-electron chi connectivity index (χ4n) is 4.69. The molecule has 3 nitrogen and oxygen atoms in total. The molecule has 3 aliphatic rings. The molecular weight excluding hydrogens is 294 g/mol. The summed E-state index contributed by atoms with van der Waals surface area (Å²) >= 11 is 0. The minimum absolute atomic E-state index is 0.134. The van der Waals surface area contributed by atoms with Crippen molar-refractivity contribution in [3.8, 4) is 0 Å². The van der Waals surface area contributed by atoms with Crippen molar-refractivity contribution >= 4 is 0 Å². The summed E-state index contributed by atoms with van der Waals surface area (Å²) in [6, 6.07) is 10.9. The second kappa shape index (κ2) is 7.15. The molecule has 132 valence electrons. The van der Waals surface area contributed by atoms with Crippen LogP contribution in [-0.2, 0) is 6.54 Å². The summed E-state index contributed by atoms with van der Waals surface area (Å²) in [6.45, 7) is 5.32. The van der Waals surface area contributed by atoms with Gasteiger partial charge in [-0.15, -0.1) is 0 Å². The molecule has 24 heavy (non-hydrogen) atoms. The van der Waals surface area contributed by atoms with E-state index in [-0.39, 0.29) is 5.54 Å². The third-order valence-corrected chi connectivity index (χ3v) is 6.46. The fraction of sp³-hybridized carbons (Fsp3) is 0.714. The van der Waals surface area contributed by atoms with Crippen LogP contribution in [0.3, 0.4) is 0 Å². The number of benzene rings is 1. The molecule has 2 aliphatic carbocycles. The molecule has 1 aliphatic heterocycles. The quantitative estimate of drug-likeness (QED) is 0.771. The van der Waals surface area contributed by atoms with E-state index in [2.05, 4.69) is 40.5 Å². The van der Waals surface area contributed by atoms with E-state index in [0.29, 0.717) is 0 Å². The van der Waals surface area contributed by atoms with Crippen molar-refractivity contribution in [2.45, 2.75) is 50.6 Å². The third kappa shape index (κ3) is 4.01. The number of likely N-dealkylation sites (tertiary alicyclic amines) is 1. The van der Waals surface area contributed by atoms with Gasteiger partial charge in [0.15, 0.2) is 0 Å². The van der Waals surface area contributed by atoms with E-state index < -0.39 is 0 Å². The first-order chi connectivity index (χ1) is 11.8. The molecule has 3 fully saturated rings. The zero-order valence-electron chi connectivity index (χ0n) is 14.9. The highest BCUT2D eigenvalue weighted by molar-refractivity contribution is 5.15. The van der Waals surface area contributed by atoms with Crippen molar-refractivity contribution in [1.29, 1.82) is 0 Å². The summed E-state index contributed by atoms with van der Waals surface area (Å²) in [7, 11) is 0. The summed E-state index contributed by atoms with van der Waals surface area (Å²) in [6.07, 6.45) is 8.37. The first-order valence-corrected chi connectivity index (χ1v) is 9.99. The zero-order chi connectivity index (χ0) is 16.4. The Kier molecular flexibility index (Phi) is 4.93. The first-order valence-electron chi connectivity index (χ1n) is 9.99. The maximum absolute atomic E-state index is 6.27. The van der Waals surface area contributed by atoms with Gasteiger partial charge in [-0.2, -0.15) is 0 Å². The third-order valence-electron chi connectivity index (χ3n) is 6.46. The van der Waals surface area contributed by atoms with Gasteiger partial charge >= 0.3 is 0 Å². The van der Waals surface area contributed by atoms with Crippen LogP contribution >= 0.6 is 0 Å². The maximum atomic E-state index is 6.27. The van der Waals surface area contributed by atoms with Crippen LogP contribution in [-0.4, -0.2) is 36.6 Å². The molecule has 4 rings (SSSR count). The number of hydrogen-bond acceptors (Lipinski definition) is 3. The minimum atomic E-state index is 0.134. The van der Waals surface area contributed by atoms with Crippen molar-refractivity contribution in [1.82, 2.24) is 10.2 Å². The second-order valence-electron chi connectivity index (χ2n) is 8.50. The number of nitrogens with zero attached hydrogens (tertiary/aromatic N) is 1. The number of rotatable bonds is 8. The lowest BCUT2D eigenvalue weighted by Gasteiger charge is -2.44. The van der Waals surface area contributed by atoms with Crippen molar-refractivity contribution < 1.29 is 0 Å². The average Bonchev–Trinajstić information content (AvgIpc) is 3.50. The molecule has 0 aromatic heterocycles. The Hall–Kier alpha value is -0.900. The van der Waals surface area contributed by atoms with Crippen molar-refractivity contribution in [3.05, 3.63) is 35.9 Å². The SMILES string of the molecule is NCC1(NCC(C2CC2)C2CC2)CCCN(Cc2ccccc2)C1. The molecular formula is C21H33N3. The van der Waals surface area contributed by atoms with Gasteiger partial charge in [0.05, 0.1) is 0 Å². The summed E-state index contributed by atoms with van der Waals surface area (Å²) in [5.41, 5.74) is 7.82. The Balaban J connectivity index is 1.35. The van der Waals surface area contributed by atoms with E-state index in [4.69, 9.17) is 5.73 Å². The fourth-order valence-corrected chi connectivity index (χ4v) is 4.69. The smallest absolute Gasteiger partial charge is 0.0433 e. The maximum Gasteiger partial charge on any atom is 0.0433 e. The molecule has 2 saturated carbocycles. The van der Waals surface area contributed by atoms with Crippen LogP contribution in [0.4, 0.5) is 0 Å². The molecule has 1 heterocycles. The zero-order valence-corrected chi connectivity index (χ0v) is 14.9. The van der Waals surface area contributed by atoms with Gasteiger partial charge < -0.3 is 11.1 Å². The van der Waals surface area contributed by atoms with E-state index in [0.717, 1.165) is 37.4 Å². The summed E-state index contributed by atoms with van der Waals surface area (Å²) < 4.78 is 0. The van der Waals surface area contributed by atoms with Crippen molar-refractivity contribution in [3.63, 3.8) is 0 Å². The molecule has 1 atom stereocenters. The lowest BCUT2D eigenvalue weighted by atomic mass is 9.87. The number of nitrogens with one attached hydrogen (secondary N) is 1. The molecule has 1 aromatic rings. The molecule has 1 unspecified atom stereocenters. The van der Waals surface area contributed by atoms with Crippen LogP contribution in [0, 0.1) is 17.8 Å². The number of hydrogen-bond donors (Lipinski definition) is 2. The highest BCUT2D eigenvalue weighted by Gasteiger charge is 2.43. The molecule has 0 radical (unpaired) electrons. The Morgan fingerprint density at radius 1 is 1.12 bits per heavy atom. The highest BCUT2D eigenvalue weighted by Crippen LogP contribution is 2.49. The lowest BCUT2D eigenvalue weighted by molar-refractivity contribution is 0.113. The van der Waals surface area contributed by atoms with Gasteiger partial charge in [0, 0.05) is 25.2 Å². The largest absolute Gasteiger partial charge is 0.329 e. The van der Waals surface area contributed by atoms with Gasteiger partial charge in [0.25, 0.3) is 0 Å². The van der Waals surface area contributed by atoms with E-state index in [9.17, 15) is 0 Å². The van der Waals surface area contributed by atoms with Crippen LogP contribution < -0.4 is 11.1 Å². The molecule has 1 saturated heterocycles. The number of piperidine rings is 1.